The van der Waals surface area contributed by atoms with Crippen molar-refractivity contribution in [1.29, 1.82) is 0 Å². The minimum atomic E-state index is -0.537. The summed E-state index contributed by atoms with van der Waals surface area (Å²) in [6.45, 7) is 3.51. The Balaban J connectivity index is 2.02. The van der Waals surface area contributed by atoms with Gasteiger partial charge in [-0.15, -0.1) is 0 Å². The van der Waals surface area contributed by atoms with E-state index in [1.54, 1.807) is 30.3 Å². The highest BCUT2D eigenvalue weighted by Crippen LogP contribution is 2.15. The lowest BCUT2D eigenvalue weighted by Gasteiger charge is -2.05. The fourth-order valence-corrected chi connectivity index (χ4v) is 2.14. The van der Waals surface area contributed by atoms with Gasteiger partial charge in [-0.2, -0.15) is 0 Å². The molecule has 0 saturated heterocycles. The number of rotatable bonds is 4. The topological polar surface area (TPSA) is 48.3 Å². The van der Waals surface area contributed by atoms with Gasteiger partial charge in [0.1, 0.15) is 0 Å². The number of esters is 1. The van der Waals surface area contributed by atoms with Crippen LogP contribution in [-0.2, 0) is 11.8 Å². The monoisotopic (exact) mass is 305 g/mol. The third kappa shape index (κ3) is 3.34. The van der Waals surface area contributed by atoms with E-state index in [1.807, 2.05) is 25.5 Å². The van der Waals surface area contributed by atoms with Crippen molar-refractivity contribution in [1.82, 2.24) is 4.57 Å². The second kappa shape index (κ2) is 6.14. The van der Waals surface area contributed by atoms with Gasteiger partial charge in [0.2, 0.25) is 5.78 Å². The van der Waals surface area contributed by atoms with Crippen LogP contribution in [0.2, 0.25) is 5.02 Å². The first-order chi connectivity index (χ1) is 9.90. The molecule has 0 amide bonds. The number of benzene rings is 1. The Hall–Kier alpha value is -2.07. The minimum absolute atomic E-state index is 0.210. The summed E-state index contributed by atoms with van der Waals surface area (Å²) in [4.78, 5) is 23.9. The molecule has 1 aromatic heterocycles. The van der Waals surface area contributed by atoms with E-state index in [0.29, 0.717) is 16.1 Å². The number of nitrogens with zero attached hydrogens (tertiary/aromatic N) is 1. The number of aromatic nitrogens is 1. The number of ether oxygens (including phenoxy) is 1. The summed E-state index contributed by atoms with van der Waals surface area (Å²) in [6, 6.07) is 8.13. The molecule has 110 valence electrons. The number of hydrogen-bond acceptors (Lipinski definition) is 3. The summed E-state index contributed by atoms with van der Waals surface area (Å²) in [7, 11) is 1.89. The maximum atomic E-state index is 12.1. The summed E-state index contributed by atoms with van der Waals surface area (Å²) in [5.41, 5.74) is 2.80. The quantitative estimate of drug-likeness (QED) is 0.643. The number of Topliss-reactive ketones (excluding diaryl/α,β-unsaturated/α-hetero) is 1. The Morgan fingerprint density at radius 1 is 1.19 bits per heavy atom. The normalized spacial score (nSPS) is 10.5. The molecule has 0 fully saturated rings. The van der Waals surface area contributed by atoms with Crippen molar-refractivity contribution >= 4 is 23.4 Å². The number of halogens is 1. The van der Waals surface area contributed by atoms with Crippen molar-refractivity contribution in [3.63, 3.8) is 0 Å². The van der Waals surface area contributed by atoms with Gasteiger partial charge in [0, 0.05) is 29.0 Å². The molecule has 0 aliphatic heterocycles. The van der Waals surface area contributed by atoms with Crippen LogP contribution in [-0.4, -0.2) is 22.9 Å². The van der Waals surface area contributed by atoms with Crippen molar-refractivity contribution in [3.05, 3.63) is 57.9 Å². The number of hydrogen-bond donors (Lipinski definition) is 0. The summed E-state index contributed by atoms with van der Waals surface area (Å²) in [6.07, 6.45) is 0. The molecule has 0 N–H and O–H groups in total. The van der Waals surface area contributed by atoms with Crippen LogP contribution in [0, 0.1) is 13.8 Å². The van der Waals surface area contributed by atoms with Crippen molar-refractivity contribution < 1.29 is 14.3 Å². The van der Waals surface area contributed by atoms with E-state index in [-0.39, 0.29) is 12.4 Å². The fourth-order valence-electron chi connectivity index (χ4n) is 2.02. The summed E-state index contributed by atoms with van der Waals surface area (Å²) in [5, 5.41) is 0.540. The molecule has 0 unspecified atom stereocenters. The molecule has 0 bridgehead atoms. The molecule has 0 atom stereocenters. The predicted molar refractivity (Wildman–Crippen MR) is 81.0 cm³/mol. The molecule has 5 heteroatoms. The number of aryl methyl sites for hydroxylation is 1. The zero-order valence-electron chi connectivity index (χ0n) is 12.1. The SMILES string of the molecule is Cc1cc(C(=O)COC(=O)c2ccc(Cl)cc2)c(C)n1C. The highest BCUT2D eigenvalue weighted by Gasteiger charge is 2.16. The van der Waals surface area contributed by atoms with Crippen molar-refractivity contribution in [3.8, 4) is 0 Å². The van der Waals surface area contributed by atoms with Crippen molar-refractivity contribution in [2.75, 3.05) is 6.61 Å². The van der Waals surface area contributed by atoms with Gasteiger partial charge in [-0.1, -0.05) is 11.6 Å². The molecule has 2 aromatic rings. The van der Waals surface area contributed by atoms with Gasteiger partial charge in [0.15, 0.2) is 6.61 Å². The third-order valence-corrected chi connectivity index (χ3v) is 3.74. The smallest absolute Gasteiger partial charge is 0.338 e. The second-order valence-corrected chi connectivity index (χ2v) is 5.29. The fraction of sp³-hybridized carbons (Fsp3) is 0.250. The van der Waals surface area contributed by atoms with Crippen LogP contribution in [0.3, 0.4) is 0 Å². The summed E-state index contributed by atoms with van der Waals surface area (Å²) < 4.78 is 6.97. The Morgan fingerprint density at radius 3 is 2.33 bits per heavy atom. The molecular weight excluding hydrogens is 290 g/mol. The van der Waals surface area contributed by atoms with E-state index >= 15 is 0 Å². The van der Waals surface area contributed by atoms with Crippen LogP contribution in [0.5, 0.6) is 0 Å². The van der Waals surface area contributed by atoms with Gasteiger partial charge < -0.3 is 9.30 Å². The van der Waals surface area contributed by atoms with Crippen LogP contribution < -0.4 is 0 Å². The molecule has 1 aromatic carbocycles. The first kappa shape index (κ1) is 15.3. The van der Waals surface area contributed by atoms with Crippen LogP contribution in [0.4, 0.5) is 0 Å². The molecule has 0 aliphatic carbocycles. The number of ketones is 1. The van der Waals surface area contributed by atoms with E-state index < -0.39 is 5.97 Å². The standard InChI is InChI=1S/C16H16ClNO3/c1-10-8-14(11(2)18(10)3)15(19)9-21-16(20)12-4-6-13(17)7-5-12/h4-8H,9H2,1-3H3. The van der Waals surface area contributed by atoms with Gasteiger partial charge in [0.25, 0.3) is 0 Å². The van der Waals surface area contributed by atoms with Crippen LogP contribution in [0.15, 0.2) is 30.3 Å². The molecule has 0 aliphatic rings. The zero-order chi connectivity index (χ0) is 15.6. The Bertz CT molecular complexity index is 686. The van der Waals surface area contributed by atoms with Crippen LogP contribution in [0.1, 0.15) is 32.1 Å². The van der Waals surface area contributed by atoms with Crippen molar-refractivity contribution in [2.24, 2.45) is 7.05 Å². The maximum Gasteiger partial charge on any atom is 0.338 e. The predicted octanol–water partition coefficient (Wildman–Crippen LogP) is 3.34. The average Bonchev–Trinajstić information content (AvgIpc) is 2.73. The first-order valence-corrected chi connectivity index (χ1v) is 6.86. The second-order valence-electron chi connectivity index (χ2n) is 4.85. The van der Waals surface area contributed by atoms with E-state index in [4.69, 9.17) is 16.3 Å². The van der Waals surface area contributed by atoms with Crippen LogP contribution in [0.25, 0.3) is 0 Å². The molecule has 4 nitrogen and oxygen atoms in total. The third-order valence-electron chi connectivity index (χ3n) is 3.49. The van der Waals surface area contributed by atoms with E-state index in [0.717, 1.165) is 11.4 Å². The molecule has 2 rings (SSSR count). The lowest BCUT2D eigenvalue weighted by Crippen LogP contribution is -2.14. The summed E-state index contributed by atoms with van der Waals surface area (Å²) in [5.74, 6) is -0.746. The van der Waals surface area contributed by atoms with E-state index in [9.17, 15) is 9.59 Å². The Labute approximate surface area is 128 Å². The first-order valence-electron chi connectivity index (χ1n) is 6.49. The van der Waals surface area contributed by atoms with Gasteiger partial charge in [-0.25, -0.2) is 4.79 Å². The zero-order valence-corrected chi connectivity index (χ0v) is 12.9. The van der Waals surface area contributed by atoms with E-state index in [1.165, 1.54) is 0 Å². The van der Waals surface area contributed by atoms with Gasteiger partial charge in [0.05, 0.1) is 5.56 Å². The average molecular weight is 306 g/mol. The Morgan fingerprint density at radius 2 is 1.81 bits per heavy atom. The van der Waals surface area contributed by atoms with Gasteiger partial charge in [-0.3, -0.25) is 4.79 Å². The van der Waals surface area contributed by atoms with Crippen molar-refractivity contribution in [2.45, 2.75) is 13.8 Å². The highest BCUT2D eigenvalue weighted by atomic mass is 35.5. The highest BCUT2D eigenvalue weighted by molar-refractivity contribution is 6.30. The molecule has 0 saturated carbocycles. The minimum Gasteiger partial charge on any atom is -0.454 e. The van der Waals surface area contributed by atoms with Gasteiger partial charge >= 0.3 is 5.97 Å². The van der Waals surface area contributed by atoms with Crippen LogP contribution >= 0.6 is 11.6 Å². The molecule has 0 spiro atoms. The lowest BCUT2D eigenvalue weighted by molar-refractivity contribution is 0.0474. The van der Waals surface area contributed by atoms with E-state index in [2.05, 4.69) is 0 Å². The Kier molecular flexibility index (Phi) is 4.48. The molecule has 0 radical (unpaired) electrons. The molecule has 1 heterocycles. The lowest BCUT2D eigenvalue weighted by atomic mass is 10.1. The largest absolute Gasteiger partial charge is 0.454 e. The summed E-state index contributed by atoms with van der Waals surface area (Å²) >= 11 is 5.75. The molecular formula is C16H16ClNO3. The van der Waals surface area contributed by atoms with Gasteiger partial charge in [-0.05, 0) is 44.2 Å². The number of carbonyl (C=O) groups is 2. The maximum absolute atomic E-state index is 12.1. The molecule has 21 heavy (non-hydrogen) atoms. The number of carbonyl (C=O) groups excluding carboxylic acids is 2.